The van der Waals surface area contributed by atoms with E-state index >= 15 is 0 Å². The van der Waals surface area contributed by atoms with Gasteiger partial charge in [0.25, 0.3) is 0 Å². The minimum Gasteiger partial charge on any atom is -0.491 e. The fourth-order valence-electron chi connectivity index (χ4n) is 3.87. The predicted molar refractivity (Wildman–Crippen MR) is 129 cm³/mol. The Morgan fingerprint density at radius 1 is 0.562 bits per heavy atom. The van der Waals surface area contributed by atoms with Gasteiger partial charge in [0.1, 0.15) is 24.7 Å². The zero-order valence-electron chi connectivity index (χ0n) is 19.0. The summed E-state index contributed by atoms with van der Waals surface area (Å²) >= 11 is 0. The Morgan fingerprint density at radius 3 is 1.22 bits per heavy atom. The van der Waals surface area contributed by atoms with Crippen LogP contribution in [0.5, 0.6) is 11.5 Å². The lowest BCUT2D eigenvalue weighted by molar-refractivity contribution is 0.201. The van der Waals surface area contributed by atoms with Crippen molar-refractivity contribution in [2.75, 3.05) is 26.4 Å². The Labute approximate surface area is 191 Å². The van der Waals surface area contributed by atoms with E-state index in [-0.39, 0.29) is 13.2 Å². The molecule has 0 saturated carbocycles. The molecule has 0 aliphatic heterocycles. The van der Waals surface area contributed by atoms with Gasteiger partial charge in [0, 0.05) is 0 Å². The van der Waals surface area contributed by atoms with E-state index in [1.165, 1.54) is 22.3 Å². The zero-order chi connectivity index (χ0) is 22.8. The third kappa shape index (κ3) is 7.11. The highest BCUT2D eigenvalue weighted by Gasteiger charge is 2.10. The van der Waals surface area contributed by atoms with Gasteiger partial charge in [0.05, 0.1) is 13.2 Å². The normalized spacial score (nSPS) is 12.9. The Morgan fingerprint density at radius 2 is 0.906 bits per heavy atom. The fourth-order valence-corrected chi connectivity index (χ4v) is 3.87. The Hall–Kier alpha value is -2.82. The largest absolute Gasteiger partial charge is 0.491 e. The van der Waals surface area contributed by atoms with E-state index in [0.29, 0.717) is 25.0 Å². The van der Waals surface area contributed by atoms with Gasteiger partial charge in [-0.15, -0.1) is 0 Å². The molecule has 3 rings (SSSR count). The minimum absolute atomic E-state index is 0.0274. The molecule has 0 heterocycles. The summed E-state index contributed by atoms with van der Waals surface area (Å²) in [5, 5.41) is 17.7. The zero-order valence-corrected chi connectivity index (χ0v) is 19.0. The summed E-state index contributed by atoms with van der Waals surface area (Å²) in [5.74, 6) is 2.41. The second-order valence-electron chi connectivity index (χ2n) is 8.31. The average Bonchev–Trinajstić information content (AvgIpc) is 2.83. The van der Waals surface area contributed by atoms with Gasteiger partial charge in [0.15, 0.2) is 0 Å². The van der Waals surface area contributed by atoms with Crippen molar-refractivity contribution in [2.45, 2.75) is 38.5 Å². The lowest BCUT2D eigenvalue weighted by Gasteiger charge is -2.15. The van der Waals surface area contributed by atoms with Crippen molar-refractivity contribution in [3.63, 3.8) is 0 Å². The van der Waals surface area contributed by atoms with E-state index in [1.807, 2.05) is 24.3 Å². The van der Waals surface area contributed by atoms with Crippen LogP contribution in [0.1, 0.15) is 47.9 Å². The molecule has 2 unspecified atom stereocenters. The molecule has 170 valence electrons. The van der Waals surface area contributed by atoms with E-state index < -0.39 is 0 Å². The van der Waals surface area contributed by atoms with Gasteiger partial charge >= 0.3 is 0 Å². The average molecular weight is 435 g/mol. The molecule has 0 radical (unpaired) electrons. The lowest BCUT2D eigenvalue weighted by atomic mass is 9.91. The van der Waals surface area contributed by atoms with E-state index in [0.717, 1.165) is 24.3 Å². The number of rotatable bonds is 12. The molecule has 0 bridgehead atoms. The standard InChI is InChI=1S/C28H34O4/c1-21(25-7-11-27(12-8-25)31-17-15-29)19-23-3-5-24(6-4-23)20-22(2)26-9-13-28(14-10-26)32-18-16-30/h3-14,21-22,29-30H,15-20H2,1-2H3. The summed E-state index contributed by atoms with van der Waals surface area (Å²) in [6, 6.07) is 25.3. The van der Waals surface area contributed by atoms with E-state index in [1.54, 1.807) is 0 Å². The molecule has 4 heteroatoms. The molecule has 0 fully saturated rings. The maximum Gasteiger partial charge on any atom is 0.119 e. The molecule has 0 spiro atoms. The second kappa shape index (κ2) is 12.3. The van der Waals surface area contributed by atoms with Gasteiger partial charge in [-0.3, -0.25) is 0 Å². The van der Waals surface area contributed by atoms with Crippen molar-refractivity contribution in [2.24, 2.45) is 0 Å². The number of ether oxygens (including phenoxy) is 2. The summed E-state index contributed by atoms with van der Waals surface area (Å²) in [6.45, 7) is 5.19. The Balaban J connectivity index is 1.53. The van der Waals surface area contributed by atoms with Gasteiger partial charge in [-0.05, 0) is 71.2 Å². The highest BCUT2D eigenvalue weighted by molar-refractivity contribution is 5.33. The van der Waals surface area contributed by atoms with Crippen LogP contribution < -0.4 is 9.47 Å². The van der Waals surface area contributed by atoms with Crippen LogP contribution >= 0.6 is 0 Å². The van der Waals surface area contributed by atoms with Crippen LogP contribution in [0.3, 0.4) is 0 Å². The van der Waals surface area contributed by atoms with Gasteiger partial charge in [0.2, 0.25) is 0 Å². The van der Waals surface area contributed by atoms with Crippen molar-refractivity contribution < 1.29 is 19.7 Å². The van der Waals surface area contributed by atoms with Crippen LogP contribution in [0.15, 0.2) is 72.8 Å². The molecule has 0 aliphatic rings. The van der Waals surface area contributed by atoms with Crippen LogP contribution in [0.4, 0.5) is 0 Å². The van der Waals surface area contributed by atoms with Crippen LogP contribution in [0.2, 0.25) is 0 Å². The number of aliphatic hydroxyl groups is 2. The first-order valence-electron chi connectivity index (χ1n) is 11.3. The SMILES string of the molecule is CC(Cc1ccc(CC(C)c2ccc(OCCO)cc2)cc1)c1ccc(OCCO)cc1. The molecular formula is C28H34O4. The molecule has 4 nitrogen and oxygen atoms in total. The molecule has 2 atom stereocenters. The first-order chi connectivity index (χ1) is 15.6. The lowest BCUT2D eigenvalue weighted by Crippen LogP contribution is -2.03. The van der Waals surface area contributed by atoms with Crippen LogP contribution in [0.25, 0.3) is 0 Å². The molecular weight excluding hydrogens is 400 g/mol. The first-order valence-corrected chi connectivity index (χ1v) is 11.3. The molecule has 0 saturated heterocycles. The maximum absolute atomic E-state index is 8.86. The topological polar surface area (TPSA) is 58.9 Å². The molecule has 2 N–H and O–H groups in total. The monoisotopic (exact) mass is 434 g/mol. The summed E-state index contributed by atoms with van der Waals surface area (Å²) in [6.07, 6.45) is 1.98. The predicted octanol–water partition coefficient (Wildman–Crippen LogP) is 5.12. The minimum atomic E-state index is 0.0274. The summed E-state index contributed by atoms with van der Waals surface area (Å²) in [7, 11) is 0. The van der Waals surface area contributed by atoms with Gasteiger partial charge in [-0.2, -0.15) is 0 Å². The quantitative estimate of drug-likeness (QED) is 0.415. The number of hydrogen-bond donors (Lipinski definition) is 2. The Kier molecular flexibility index (Phi) is 9.14. The van der Waals surface area contributed by atoms with Crippen molar-refractivity contribution in [3.8, 4) is 11.5 Å². The molecule has 3 aromatic rings. The van der Waals surface area contributed by atoms with Gasteiger partial charge in [-0.1, -0.05) is 62.4 Å². The van der Waals surface area contributed by atoms with Crippen LogP contribution in [-0.2, 0) is 12.8 Å². The van der Waals surface area contributed by atoms with Gasteiger partial charge < -0.3 is 19.7 Å². The highest BCUT2D eigenvalue weighted by atomic mass is 16.5. The van der Waals surface area contributed by atoms with Crippen LogP contribution in [0, 0.1) is 0 Å². The summed E-state index contributed by atoms with van der Waals surface area (Å²) in [5.41, 5.74) is 5.23. The molecule has 0 aromatic heterocycles. The third-order valence-electron chi connectivity index (χ3n) is 5.73. The highest BCUT2D eigenvalue weighted by Crippen LogP contribution is 2.25. The van der Waals surface area contributed by atoms with Crippen molar-refractivity contribution in [1.82, 2.24) is 0 Å². The van der Waals surface area contributed by atoms with Gasteiger partial charge in [-0.25, -0.2) is 0 Å². The summed E-state index contributed by atoms with van der Waals surface area (Å²) in [4.78, 5) is 0. The van der Waals surface area contributed by atoms with E-state index in [9.17, 15) is 0 Å². The second-order valence-corrected chi connectivity index (χ2v) is 8.31. The number of hydrogen-bond acceptors (Lipinski definition) is 4. The fraction of sp³-hybridized carbons (Fsp3) is 0.357. The molecule has 0 aliphatic carbocycles. The summed E-state index contributed by atoms with van der Waals surface area (Å²) < 4.78 is 10.9. The molecule has 0 amide bonds. The van der Waals surface area contributed by atoms with Crippen molar-refractivity contribution in [3.05, 3.63) is 95.1 Å². The van der Waals surface area contributed by atoms with E-state index in [4.69, 9.17) is 19.7 Å². The van der Waals surface area contributed by atoms with Crippen LogP contribution in [-0.4, -0.2) is 36.6 Å². The molecule has 3 aromatic carbocycles. The number of aliphatic hydroxyl groups excluding tert-OH is 2. The Bertz CT molecular complexity index is 839. The third-order valence-corrected chi connectivity index (χ3v) is 5.73. The van der Waals surface area contributed by atoms with E-state index in [2.05, 4.69) is 62.4 Å². The maximum atomic E-state index is 8.86. The number of benzene rings is 3. The molecule has 32 heavy (non-hydrogen) atoms. The first kappa shape index (κ1) is 23.8. The van der Waals surface area contributed by atoms with Crippen molar-refractivity contribution >= 4 is 0 Å². The van der Waals surface area contributed by atoms with Crippen molar-refractivity contribution in [1.29, 1.82) is 0 Å². The smallest absolute Gasteiger partial charge is 0.119 e.